The Labute approximate surface area is 187 Å². The standard InChI is InChI=1S/C22H29F8NO2/c23-20(24)17-16(18(33)12-6-8-13(9-7-12)21(25,26)27)15(11-4-2-1-3-5-11)14(10-32)19(31-17)22(28,29)30/h10-17,19-20,31H,1-9H2. The van der Waals surface area contributed by atoms with E-state index in [4.69, 9.17) is 0 Å². The number of carbonyl (C=O) groups excluding carboxylic acids is 2. The molecule has 3 aliphatic rings. The largest absolute Gasteiger partial charge is 0.404 e. The molecule has 1 N–H and O–H groups in total. The summed E-state index contributed by atoms with van der Waals surface area (Å²) in [6.07, 6.45) is -10.5. The number of carbonyl (C=O) groups is 2. The van der Waals surface area contributed by atoms with Gasteiger partial charge in [0, 0.05) is 17.8 Å². The highest BCUT2D eigenvalue weighted by atomic mass is 19.4. The second-order valence-corrected chi connectivity index (χ2v) is 9.75. The molecule has 1 aliphatic heterocycles. The van der Waals surface area contributed by atoms with Gasteiger partial charge in [-0.15, -0.1) is 0 Å². The van der Waals surface area contributed by atoms with Crippen molar-refractivity contribution in [1.29, 1.82) is 0 Å². The maximum Gasteiger partial charge on any atom is 0.404 e. The summed E-state index contributed by atoms with van der Waals surface area (Å²) in [5, 5.41) is 1.86. The van der Waals surface area contributed by atoms with Crippen LogP contribution in [0, 0.1) is 35.5 Å². The van der Waals surface area contributed by atoms with Crippen molar-refractivity contribution in [3.63, 3.8) is 0 Å². The minimum Gasteiger partial charge on any atom is -0.303 e. The average Bonchev–Trinajstić information content (AvgIpc) is 2.76. The Morgan fingerprint density at radius 1 is 0.848 bits per heavy atom. The Bertz CT molecular complexity index is 681. The number of nitrogens with one attached hydrogen (secondary N) is 1. The van der Waals surface area contributed by atoms with E-state index >= 15 is 0 Å². The van der Waals surface area contributed by atoms with Crippen molar-refractivity contribution in [1.82, 2.24) is 5.32 Å². The average molecular weight is 491 g/mol. The van der Waals surface area contributed by atoms with E-state index in [9.17, 15) is 44.7 Å². The first kappa shape index (κ1) is 26.3. The second-order valence-electron chi connectivity index (χ2n) is 9.75. The fourth-order valence-electron chi connectivity index (χ4n) is 6.31. The Morgan fingerprint density at radius 2 is 1.42 bits per heavy atom. The van der Waals surface area contributed by atoms with Crippen LogP contribution in [0.25, 0.3) is 0 Å². The van der Waals surface area contributed by atoms with Crippen molar-refractivity contribution in [2.45, 2.75) is 88.6 Å². The molecule has 0 aromatic heterocycles. The third kappa shape index (κ3) is 5.70. The number of aldehydes is 1. The molecule has 5 atom stereocenters. The molecule has 5 unspecified atom stereocenters. The number of hydrogen-bond acceptors (Lipinski definition) is 3. The number of alkyl halides is 8. The lowest BCUT2D eigenvalue weighted by atomic mass is 9.59. The van der Waals surface area contributed by atoms with Gasteiger partial charge in [0.15, 0.2) is 0 Å². The summed E-state index contributed by atoms with van der Waals surface area (Å²) in [6, 6.07) is -4.60. The van der Waals surface area contributed by atoms with Crippen LogP contribution < -0.4 is 5.32 Å². The lowest BCUT2D eigenvalue weighted by Crippen LogP contribution is -2.67. The first-order chi connectivity index (χ1) is 15.4. The Kier molecular flexibility index (Phi) is 8.11. The zero-order chi connectivity index (χ0) is 24.6. The van der Waals surface area contributed by atoms with Crippen LogP contribution in [0.15, 0.2) is 0 Å². The normalized spacial score (nSPS) is 37.2. The van der Waals surface area contributed by atoms with Crippen molar-refractivity contribution in [2.24, 2.45) is 35.5 Å². The molecule has 0 amide bonds. The molecule has 0 aromatic rings. The molecule has 1 heterocycles. The van der Waals surface area contributed by atoms with Crippen molar-refractivity contribution in [3.8, 4) is 0 Å². The van der Waals surface area contributed by atoms with Crippen molar-refractivity contribution < 1.29 is 44.7 Å². The van der Waals surface area contributed by atoms with Crippen LogP contribution in [-0.4, -0.2) is 42.9 Å². The summed E-state index contributed by atoms with van der Waals surface area (Å²) in [5.74, 6) is -8.21. The van der Waals surface area contributed by atoms with E-state index in [-0.39, 0.29) is 32.0 Å². The molecule has 190 valence electrons. The van der Waals surface area contributed by atoms with Gasteiger partial charge in [-0.25, -0.2) is 8.78 Å². The molecule has 1 saturated heterocycles. The highest BCUT2D eigenvalue weighted by Crippen LogP contribution is 2.49. The first-order valence-corrected chi connectivity index (χ1v) is 11.5. The van der Waals surface area contributed by atoms with Gasteiger partial charge >= 0.3 is 12.4 Å². The summed E-state index contributed by atoms with van der Waals surface area (Å²) >= 11 is 0. The fourth-order valence-corrected chi connectivity index (χ4v) is 6.31. The molecule has 0 radical (unpaired) electrons. The Morgan fingerprint density at radius 3 is 1.88 bits per heavy atom. The number of hydrogen-bond donors (Lipinski definition) is 1. The lowest BCUT2D eigenvalue weighted by molar-refractivity contribution is -0.199. The number of ketones is 1. The highest BCUT2D eigenvalue weighted by Gasteiger charge is 2.60. The molecule has 11 heteroatoms. The van der Waals surface area contributed by atoms with Crippen LogP contribution in [-0.2, 0) is 9.59 Å². The molecule has 2 saturated carbocycles. The van der Waals surface area contributed by atoms with Gasteiger partial charge in [-0.05, 0) is 37.5 Å². The first-order valence-electron chi connectivity index (χ1n) is 11.5. The van der Waals surface area contributed by atoms with Crippen molar-refractivity contribution in [2.75, 3.05) is 0 Å². The van der Waals surface area contributed by atoms with Gasteiger partial charge in [0.25, 0.3) is 6.43 Å². The third-order valence-electron chi connectivity index (χ3n) is 7.90. The van der Waals surface area contributed by atoms with Gasteiger partial charge in [-0.3, -0.25) is 10.1 Å². The van der Waals surface area contributed by atoms with Crippen LogP contribution in [0.1, 0.15) is 57.8 Å². The molecule has 0 spiro atoms. The van der Waals surface area contributed by atoms with Gasteiger partial charge in [0.2, 0.25) is 0 Å². The van der Waals surface area contributed by atoms with Crippen LogP contribution in [0.3, 0.4) is 0 Å². The van der Waals surface area contributed by atoms with E-state index in [1.54, 1.807) is 0 Å². The molecule has 3 fully saturated rings. The van der Waals surface area contributed by atoms with E-state index in [2.05, 4.69) is 0 Å². The summed E-state index contributed by atoms with van der Waals surface area (Å²) in [6.45, 7) is 0. The van der Waals surface area contributed by atoms with Crippen LogP contribution >= 0.6 is 0 Å². The smallest absolute Gasteiger partial charge is 0.303 e. The third-order valence-corrected chi connectivity index (χ3v) is 7.90. The van der Waals surface area contributed by atoms with Gasteiger partial charge < -0.3 is 4.79 Å². The van der Waals surface area contributed by atoms with E-state index in [1.807, 2.05) is 5.32 Å². The molecule has 0 bridgehead atoms. The second kappa shape index (κ2) is 10.2. The fraction of sp³-hybridized carbons (Fsp3) is 0.909. The van der Waals surface area contributed by atoms with Gasteiger partial charge in [0.05, 0.1) is 12.0 Å². The van der Waals surface area contributed by atoms with Crippen LogP contribution in [0.5, 0.6) is 0 Å². The van der Waals surface area contributed by atoms with E-state index in [0.29, 0.717) is 25.7 Å². The zero-order valence-electron chi connectivity index (χ0n) is 18.0. The molecule has 3 rings (SSSR count). The summed E-state index contributed by atoms with van der Waals surface area (Å²) in [7, 11) is 0. The summed E-state index contributed by atoms with van der Waals surface area (Å²) in [4.78, 5) is 25.3. The summed E-state index contributed by atoms with van der Waals surface area (Å²) in [5.41, 5.74) is 0. The minimum atomic E-state index is -4.97. The number of piperidine rings is 1. The van der Waals surface area contributed by atoms with Gasteiger partial charge in [0.1, 0.15) is 18.1 Å². The molecular formula is C22H29F8NO2. The van der Waals surface area contributed by atoms with Gasteiger partial charge in [-0.2, -0.15) is 26.3 Å². The van der Waals surface area contributed by atoms with Crippen LogP contribution in [0.4, 0.5) is 35.1 Å². The molecule has 33 heavy (non-hydrogen) atoms. The molecule has 3 nitrogen and oxygen atoms in total. The molecular weight excluding hydrogens is 462 g/mol. The topological polar surface area (TPSA) is 46.2 Å². The molecule has 2 aliphatic carbocycles. The minimum absolute atomic E-state index is 0.118. The number of rotatable bonds is 5. The highest BCUT2D eigenvalue weighted by molar-refractivity contribution is 5.85. The lowest BCUT2D eigenvalue weighted by Gasteiger charge is -2.50. The number of Topliss-reactive ketones (excluding diaryl/α,β-unsaturated/α-hetero) is 1. The van der Waals surface area contributed by atoms with E-state index in [0.717, 1.165) is 6.42 Å². The van der Waals surface area contributed by atoms with Crippen molar-refractivity contribution in [3.05, 3.63) is 0 Å². The SMILES string of the molecule is O=CC1C(C2CCCCC2)C(C(=O)C2CCC(C(F)(F)F)CC2)C(C(F)F)NC1C(F)(F)F. The predicted octanol–water partition coefficient (Wildman–Crippen LogP) is 5.72. The summed E-state index contributed by atoms with van der Waals surface area (Å²) < 4.78 is 108. The number of halogens is 8. The Hall–Kier alpha value is -1.26. The maximum atomic E-state index is 14.0. The van der Waals surface area contributed by atoms with E-state index < -0.39 is 72.2 Å². The van der Waals surface area contributed by atoms with Crippen molar-refractivity contribution >= 4 is 12.1 Å². The van der Waals surface area contributed by atoms with Gasteiger partial charge in [-0.1, -0.05) is 32.1 Å². The molecule has 0 aromatic carbocycles. The van der Waals surface area contributed by atoms with Crippen LogP contribution in [0.2, 0.25) is 0 Å². The predicted molar refractivity (Wildman–Crippen MR) is 102 cm³/mol. The Balaban J connectivity index is 1.94. The maximum absolute atomic E-state index is 14.0. The monoisotopic (exact) mass is 491 g/mol. The quantitative estimate of drug-likeness (QED) is 0.395. The zero-order valence-corrected chi connectivity index (χ0v) is 18.0. The van der Waals surface area contributed by atoms with E-state index in [1.165, 1.54) is 0 Å².